The first-order valence-electron chi connectivity index (χ1n) is 11.1. The first kappa shape index (κ1) is 27.3. The number of hydrogen-bond donors (Lipinski definition) is 6. The predicted octanol–water partition coefficient (Wildman–Crippen LogP) is -3.10. The van der Waals surface area contributed by atoms with E-state index < -0.39 is 51.5 Å². The van der Waals surface area contributed by atoms with E-state index in [4.69, 9.17) is 16.3 Å². The Morgan fingerprint density at radius 3 is 2.68 bits per heavy atom. The topological polar surface area (TPSA) is 270 Å². The maximum Gasteiger partial charge on any atom is 0.362 e. The number of anilines is 1. The van der Waals surface area contributed by atoms with Crippen molar-refractivity contribution in [3.63, 3.8) is 0 Å². The van der Waals surface area contributed by atoms with Gasteiger partial charge in [-0.25, -0.2) is 14.1 Å². The molecule has 1 saturated carbocycles. The van der Waals surface area contributed by atoms with Crippen LogP contribution in [0.15, 0.2) is 16.7 Å². The van der Waals surface area contributed by atoms with Crippen molar-refractivity contribution >= 4 is 50.3 Å². The summed E-state index contributed by atoms with van der Waals surface area (Å²) in [6.45, 7) is 0.962. The first-order chi connectivity index (χ1) is 17.9. The molecule has 1 saturated heterocycles. The van der Waals surface area contributed by atoms with Crippen LogP contribution in [0.3, 0.4) is 0 Å². The molecule has 2 aromatic rings. The maximum absolute atomic E-state index is 13.1. The largest absolute Gasteiger partial charge is 0.478 e. The number of carbonyl (C=O) groups is 3. The van der Waals surface area contributed by atoms with Crippen LogP contribution >= 0.6 is 11.3 Å². The summed E-state index contributed by atoms with van der Waals surface area (Å²) >= 11 is 0.974. The molecule has 8 N–H and O–H groups in total. The molecule has 20 heteroatoms. The molecule has 38 heavy (non-hydrogen) atoms. The van der Waals surface area contributed by atoms with Crippen molar-refractivity contribution in [3.05, 3.63) is 23.0 Å². The second kappa shape index (κ2) is 10.6. The molecule has 2 fully saturated rings. The summed E-state index contributed by atoms with van der Waals surface area (Å²) in [7, 11) is -4.97. The molecule has 3 heterocycles. The van der Waals surface area contributed by atoms with E-state index in [2.05, 4.69) is 31.0 Å². The van der Waals surface area contributed by atoms with Gasteiger partial charge in [0.15, 0.2) is 10.8 Å². The van der Waals surface area contributed by atoms with Gasteiger partial charge in [-0.1, -0.05) is 5.16 Å². The van der Waals surface area contributed by atoms with Crippen molar-refractivity contribution in [1.82, 2.24) is 34.9 Å². The Balaban J connectivity index is 1.54. The molecule has 1 aliphatic heterocycles. The lowest BCUT2D eigenvalue weighted by Gasteiger charge is -2.43. The molecule has 2 aromatic heterocycles. The number of nitrogens with one attached hydrogen (secondary N) is 2. The number of aromatic nitrogens is 4. The predicted molar refractivity (Wildman–Crippen MR) is 129 cm³/mol. The van der Waals surface area contributed by atoms with Gasteiger partial charge in [0.2, 0.25) is 5.60 Å². The highest BCUT2D eigenvalue weighted by molar-refractivity contribution is 7.84. The number of carboxylic acids is 1. The van der Waals surface area contributed by atoms with Crippen LogP contribution in [0.1, 0.15) is 24.2 Å². The third kappa shape index (κ3) is 5.72. The molecular formula is C18H24N10O8S2. The number of nitrogen functional groups attached to an aromatic ring is 1. The van der Waals surface area contributed by atoms with Crippen LogP contribution < -0.4 is 22.1 Å². The Labute approximate surface area is 218 Å². The second-order valence-electron chi connectivity index (χ2n) is 8.39. The molecule has 206 valence electrons. The van der Waals surface area contributed by atoms with Gasteiger partial charge in [-0.05, 0) is 0 Å². The smallest absolute Gasteiger partial charge is 0.362 e. The van der Waals surface area contributed by atoms with Crippen LogP contribution in [0.5, 0.6) is 0 Å². The van der Waals surface area contributed by atoms with Crippen molar-refractivity contribution in [2.45, 2.75) is 43.6 Å². The van der Waals surface area contributed by atoms with Crippen molar-refractivity contribution in [2.24, 2.45) is 10.9 Å². The van der Waals surface area contributed by atoms with E-state index in [1.807, 2.05) is 0 Å². The fraction of sp³-hybridized carbons (Fsp3) is 0.500. The second-order valence-corrected chi connectivity index (χ2v) is 10.6. The van der Waals surface area contributed by atoms with Gasteiger partial charge in [0.05, 0.1) is 18.4 Å². The Morgan fingerprint density at radius 1 is 1.37 bits per heavy atom. The van der Waals surface area contributed by atoms with Crippen molar-refractivity contribution in [1.29, 1.82) is 0 Å². The van der Waals surface area contributed by atoms with E-state index in [0.29, 0.717) is 25.3 Å². The molecule has 0 aromatic carbocycles. The number of rotatable bonds is 13. The van der Waals surface area contributed by atoms with Gasteiger partial charge in [-0.15, -0.1) is 11.3 Å². The number of nitrogens with zero attached hydrogens (tertiary/aromatic N) is 6. The standard InChI is InChI=1S/C18H24N10O8S2/c19-3-4-21-5-9-6-22-27(25-9)7-11-13(15(30)28(11)38(33,34)35)24-14(29)12(10-8-37-17(20)23-10)26-36-18(1-2-18)16(31)32/h6,8,11,13,21H,1-5,7,19H2,(H2,20,23)(H,24,29)(H,31,32)(H,33,34,35)/b26-12-. The molecule has 0 bridgehead atoms. The van der Waals surface area contributed by atoms with Crippen LogP contribution in [0, 0.1) is 0 Å². The minimum atomic E-state index is -4.97. The minimum absolute atomic E-state index is 0.0514. The van der Waals surface area contributed by atoms with Gasteiger partial charge in [0.25, 0.3) is 11.8 Å². The quantitative estimate of drug-likeness (QED) is 0.0456. The summed E-state index contributed by atoms with van der Waals surface area (Å²) in [6.07, 6.45) is 1.76. The first-order valence-corrected chi connectivity index (χ1v) is 13.3. The summed E-state index contributed by atoms with van der Waals surface area (Å²) in [6, 6.07) is -2.74. The van der Waals surface area contributed by atoms with Gasteiger partial charge < -0.3 is 32.0 Å². The lowest BCUT2D eigenvalue weighted by molar-refractivity contribution is -0.153. The zero-order valence-electron chi connectivity index (χ0n) is 19.6. The van der Waals surface area contributed by atoms with Crippen molar-refractivity contribution in [3.8, 4) is 0 Å². The number of carboxylic acid groups (broad SMARTS) is 1. The van der Waals surface area contributed by atoms with Gasteiger partial charge in [0, 0.05) is 37.9 Å². The number of thiazole rings is 1. The van der Waals surface area contributed by atoms with E-state index in [-0.39, 0.29) is 34.5 Å². The summed E-state index contributed by atoms with van der Waals surface area (Å²) in [5, 5.41) is 28.0. The normalized spacial score (nSPS) is 20.6. The Bertz CT molecular complexity index is 1370. The molecule has 2 amide bonds. The highest BCUT2D eigenvalue weighted by Crippen LogP contribution is 2.40. The van der Waals surface area contributed by atoms with E-state index in [9.17, 15) is 32.5 Å². The molecule has 0 spiro atoms. The zero-order chi connectivity index (χ0) is 27.7. The molecule has 4 rings (SSSR count). The molecular weight excluding hydrogens is 548 g/mol. The number of amides is 2. The molecule has 0 radical (unpaired) electrons. The Morgan fingerprint density at radius 2 is 2.11 bits per heavy atom. The number of oxime groups is 1. The summed E-state index contributed by atoms with van der Waals surface area (Å²) in [5.41, 5.74) is 9.45. The molecule has 2 aliphatic rings. The van der Waals surface area contributed by atoms with Crippen LogP contribution in [0.25, 0.3) is 0 Å². The van der Waals surface area contributed by atoms with Gasteiger partial charge in [0.1, 0.15) is 17.8 Å². The lowest BCUT2D eigenvalue weighted by Crippen LogP contribution is -2.73. The third-order valence-corrected chi connectivity index (χ3v) is 7.27. The maximum atomic E-state index is 13.1. The van der Waals surface area contributed by atoms with E-state index in [1.54, 1.807) is 0 Å². The summed E-state index contributed by atoms with van der Waals surface area (Å²) in [5.74, 6) is -3.40. The van der Waals surface area contributed by atoms with Crippen LogP contribution in [-0.2, 0) is 42.6 Å². The van der Waals surface area contributed by atoms with E-state index >= 15 is 0 Å². The average molecular weight is 573 g/mol. The highest BCUT2D eigenvalue weighted by Gasteiger charge is 2.56. The SMILES string of the molecule is NCCNCc1cnn(CC2C(NC(=O)/C(=N\OC3(C(=O)O)CC3)c3csc(N)n3)C(=O)N2S(=O)(=O)O)n1. The fourth-order valence-electron chi connectivity index (χ4n) is 3.53. The minimum Gasteiger partial charge on any atom is -0.478 e. The van der Waals surface area contributed by atoms with Crippen LogP contribution in [0.4, 0.5) is 5.13 Å². The van der Waals surface area contributed by atoms with Gasteiger partial charge in [-0.2, -0.15) is 23.4 Å². The van der Waals surface area contributed by atoms with Crippen molar-refractivity contribution in [2.75, 3.05) is 18.8 Å². The highest BCUT2D eigenvalue weighted by atomic mass is 32.2. The number of β-lactam (4-membered cyclic amide) rings is 1. The number of nitrogens with two attached hydrogens (primary N) is 2. The van der Waals surface area contributed by atoms with E-state index in [1.165, 1.54) is 11.6 Å². The molecule has 2 atom stereocenters. The monoisotopic (exact) mass is 572 g/mol. The van der Waals surface area contributed by atoms with Crippen LogP contribution in [0.2, 0.25) is 0 Å². The summed E-state index contributed by atoms with van der Waals surface area (Å²) in [4.78, 5) is 47.4. The zero-order valence-corrected chi connectivity index (χ0v) is 21.2. The average Bonchev–Trinajstić information content (AvgIpc) is 3.31. The molecule has 18 nitrogen and oxygen atoms in total. The third-order valence-electron chi connectivity index (χ3n) is 5.65. The Hall–Kier alpha value is -3.72. The fourth-order valence-corrected chi connectivity index (χ4v) is 4.95. The lowest BCUT2D eigenvalue weighted by atomic mass is 9.98. The number of hydrogen-bond acceptors (Lipinski definition) is 14. The van der Waals surface area contributed by atoms with Gasteiger partial charge in [-0.3, -0.25) is 14.1 Å². The summed E-state index contributed by atoms with van der Waals surface area (Å²) < 4.78 is 33.4. The van der Waals surface area contributed by atoms with Crippen molar-refractivity contribution < 1.29 is 37.3 Å². The van der Waals surface area contributed by atoms with Crippen LogP contribution in [-0.4, -0.2) is 96.6 Å². The number of carbonyl (C=O) groups excluding carboxylic acids is 2. The number of aliphatic carboxylic acids is 1. The molecule has 2 unspecified atom stereocenters. The van der Waals surface area contributed by atoms with E-state index in [0.717, 1.165) is 16.1 Å². The molecule has 1 aliphatic carbocycles. The van der Waals surface area contributed by atoms with Gasteiger partial charge >= 0.3 is 16.3 Å². The Kier molecular flexibility index (Phi) is 7.60.